The predicted octanol–water partition coefficient (Wildman–Crippen LogP) is 4.18. The van der Waals surface area contributed by atoms with E-state index in [9.17, 15) is 10.1 Å². The highest BCUT2D eigenvalue weighted by Gasteiger charge is 2.16. The monoisotopic (exact) mass is 384 g/mol. The van der Waals surface area contributed by atoms with E-state index in [-0.39, 0.29) is 21.4 Å². The molecule has 0 aromatic heterocycles. The van der Waals surface area contributed by atoms with E-state index in [0.717, 1.165) is 12.1 Å². The van der Waals surface area contributed by atoms with Crippen LogP contribution in [0, 0.1) is 10.1 Å². The number of rotatable bonds is 6. The summed E-state index contributed by atoms with van der Waals surface area (Å²) in [6.45, 7) is 0. The van der Waals surface area contributed by atoms with Gasteiger partial charge in [0.15, 0.2) is 11.4 Å². The number of nitro groups is 1. The summed E-state index contributed by atoms with van der Waals surface area (Å²) < 4.78 is 10.4. The van der Waals surface area contributed by atoms with Crippen molar-refractivity contribution in [2.45, 2.75) is 0 Å². The molecule has 0 saturated heterocycles. The van der Waals surface area contributed by atoms with Gasteiger partial charge in [-0.2, -0.15) is 5.53 Å². The molecule has 2 aromatic carbocycles. The van der Waals surface area contributed by atoms with E-state index in [2.05, 4.69) is 15.3 Å². The molecular weight excluding hydrogens is 373 g/mol. The first-order valence-corrected chi connectivity index (χ1v) is 7.39. The van der Waals surface area contributed by atoms with Gasteiger partial charge in [-0.05, 0) is 5.11 Å². The first-order chi connectivity index (χ1) is 11.9. The van der Waals surface area contributed by atoms with Crippen LogP contribution in [0.25, 0.3) is 0 Å². The minimum Gasteiger partial charge on any atom is -0.494 e. The third-order valence-electron chi connectivity index (χ3n) is 3.09. The second kappa shape index (κ2) is 7.86. The van der Waals surface area contributed by atoms with Crippen LogP contribution in [0.4, 0.5) is 22.7 Å². The molecule has 9 nitrogen and oxygen atoms in total. The quantitative estimate of drug-likeness (QED) is 0.455. The molecule has 0 aliphatic heterocycles. The van der Waals surface area contributed by atoms with Crippen molar-refractivity contribution in [2.75, 3.05) is 14.2 Å². The molecule has 0 fully saturated rings. The fourth-order valence-corrected chi connectivity index (χ4v) is 2.45. The Morgan fingerprint density at radius 1 is 1.00 bits per heavy atom. The summed E-state index contributed by atoms with van der Waals surface area (Å²) in [6, 6.07) is 5.31. The average molecular weight is 385 g/mol. The van der Waals surface area contributed by atoms with Crippen molar-refractivity contribution in [1.29, 1.82) is 0 Å². The minimum atomic E-state index is -0.610. The molecule has 0 atom stereocenters. The molecule has 0 saturated carbocycles. The lowest BCUT2D eigenvalue weighted by atomic mass is 10.2. The number of ether oxygens (including phenoxy) is 2. The first kappa shape index (κ1) is 18.6. The van der Waals surface area contributed by atoms with Crippen molar-refractivity contribution >= 4 is 46.0 Å². The summed E-state index contributed by atoms with van der Waals surface area (Å²) in [4.78, 5) is 10.2. The van der Waals surface area contributed by atoms with Crippen LogP contribution in [-0.4, -0.2) is 19.1 Å². The van der Waals surface area contributed by atoms with Gasteiger partial charge < -0.3 is 9.47 Å². The lowest BCUT2D eigenvalue weighted by molar-refractivity contribution is -0.384. The number of azo groups is 1. The highest BCUT2D eigenvalue weighted by atomic mass is 35.5. The summed E-state index contributed by atoms with van der Waals surface area (Å²) in [5.41, 5.74) is 5.79. The fraction of sp³-hybridized carbons (Fsp3) is 0.143. The van der Waals surface area contributed by atoms with Crippen LogP contribution in [0.15, 0.2) is 39.6 Å². The van der Waals surface area contributed by atoms with Gasteiger partial charge >= 0.3 is 0 Å². The van der Waals surface area contributed by atoms with E-state index in [1.807, 2.05) is 0 Å². The summed E-state index contributed by atoms with van der Waals surface area (Å²) in [6.07, 6.45) is 0. The smallest absolute Gasteiger partial charge is 0.272 e. The van der Waals surface area contributed by atoms with Crippen LogP contribution in [0.2, 0.25) is 10.0 Å². The van der Waals surface area contributed by atoms with Gasteiger partial charge in [-0.1, -0.05) is 23.2 Å². The normalized spacial score (nSPS) is 10.7. The van der Waals surface area contributed by atoms with Gasteiger partial charge in [0.2, 0.25) is 0 Å². The molecule has 0 spiro atoms. The average Bonchev–Trinajstić information content (AvgIpc) is 2.59. The molecule has 2 aromatic rings. The predicted molar refractivity (Wildman–Crippen MR) is 90.9 cm³/mol. The van der Waals surface area contributed by atoms with Crippen molar-refractivity contribution in [3.05, 3.63) is 44.4 Å². The Morgan fingerprint density at radius 3 is 2.00 bits per heavy atom. The molecule has 0 amide bonds. The Morgan fingerprint density at radius 2 is 1.52 bits per heavy atom. The summed E-state index contributed by atoms with van der Waals surface area (Å²) >= 11 is 12.0. The van der Waals surface area contributed by atoms with Gasteiger partial charge in [0.05, 0.1) is 29.2 Å². The van der Waals surface area contributed by atoms with Crippen LogP contribution >= 0.6 is 23.2 Å². The molecule has 0 unspecified atom stereocenters. The maximum atomic E-state index is 10.8. The largest absolute Gasteiger partial charge is 0.494 e. The molecule has 11 heteroatoms. The van der Waals surface area contributed by atoms with Crippen LogP contribution < -0.4 is 15.0 Å². The van der Waals surface area contributed by atoms with Crippen LogP contribution in [0.1, 0.15) is 0 Å². The molecule has 0 heterocycles. The molecule has 0 bridgehead atoms. The number of hydrogen-bond donors (Lipinski definition) is 1. The van der Waals surface area contributed by atoms with Gasteiger partial charge in [-0.3, -0.25) is 10.1 Å². The van der Waals surface area contributed by atoms with E-state index in [1.165, 1.54) is 26.4 Å². The lowest BCUT2D eigenvalue weighted by Crippen LogP contribution is -2.22. The Balaban J connectivity index is 2.49. The summed E-state index contributed by atoms with van der Waals surface area (Å²) in [5, 5.41) is 22.3. The number of halogens is 2. The van der Waals surface area contributed by atoms with Gasteiger partial charge in [-0.25, -0.2) is 0 Å². The van der Waals surface area contributed by atoms with Crippen molar-refractivity contribution < 1.29 is 19.9 Å². The topological polar surface area (TPSA) is 124 Å². The molecular formula is C14H12Cl2N5O4+. The third kappa shape index (κ3) is 4.01. The zero-order chi connectivity index (χ0) is 18.6. The van der Waals surface area contributed by atoms with Crippen molar-refractivity contribution in [3.63, 3.8) is 0 Å². The highest BCUT2D eigenvalue weighted by molar-refractivity contribution is 6.39. The zero-order valence-electron chi connectivity index (χ0n) is 13.1. The molecule has 2 rings (SSSR count). The maximum absolute atomic E-state index is 10.8. The van der Waals surface area contributed by atoms with E-state index < -0.39 is 4.92 Å². The summed E-state index contributed by atoms with van der Waals surface area (Å²) in [5.74, 6) is 0.695. The number of nitrogens with zero attached hydrogens (tertiary/aromatic N) is 4. The van der Waals surface area contributed by atoms with Crippen molar-refractivity contribution in [3.8, 4) is 11.5 Å². The van der Waals surface area contributed by atoms with Crippen LogP contribution in [0.3, 0.4) is 0 Å². The molecule has 0 aliphatic carbocycles. The Kier molecular flexibility index (Phi) is 5.84. The standard InChI is InChI=1S/C14H11Cl2N5O4/c1-24-12-6-11(13(25-2)5-10(12)18-17)19-20-14-8(15)3-7(21(22)23)4-9(14)16/h3-6,17H,1-2H3/p+1. The lowest BCUT2D eigenvalue weighted by Gasteiger charge is -2.08. The molecule has 130 valence electrons. The fourth-order valence-electron chi connectivity index (χ4n) is 1.90. The second-order valence-electron chi connectivity index (χ2n) is 4.54. The number of nitrogens with two attached hydrogens (primary N) is 1. The van der Waals surface area contributed by atoms with Crippen molar-refractivity contribution in [2.24, 2.45) is 15.3 Å². The molecule has 2 N–H and O–H groups in total. The first-order valence-electron chi connectivity index (χ1n) is 6.63. The molecule has 25 heavy (non-hydrogen) atoms. The molecule has 0 aliphatic rings. The number of nitro benzene ring substituents is 1. The molecule has 0 radical (unpaired) electrons. The maximum Gasteiger partial charge on any atom is 0.272 e. The number of benzene rings is 2. The third-order valence-corrected chi connectivity index (χ3v) is 3.67. The second-order valence-corrected chi connectivity index (χ2v) is 5.35. The Hall–Kier alpha value is -2.78. The summed E-state index contributed by atoms with van der Waals surface area (Å²) in [7, 11) is 2.88. The SMILES string of the molecule is COc1cc(N=Nc2c(Cl)cc([N+](=O)[O-])cc2Cl)c(OC)cc1N=[NH2+]. The van der Waals surface area contributed by atoms with E-state index in [4.69, 9.17) is 38.2 Å². The van der Waals surface area contributed by atoms with Gasteiger partial charge in [0.1, 0.15) is 17.1 Å². The van der Waals surface area contributed by atoms with Crippen molar-refractivity contribution in [1.82, 2.24) is 0 Å². The van der Waals surface area contributed by atoms with E-state index in [0.29, 0.717) is 22.9 Å². The van der Waals surface area contributed by atoms with Crippen LogP contribution in [-0.2, 0) is 0 Å². The highest BCUT2D eigenvalue weighted by Crippen LogP contribution is 2.42. The Bertz CT molecular complexity index is 850. The van der Waals surface area contributed by atoms with E-state index in [1.54, 1.807) is 0 Å². The Labute approximate surface area is 151 Å². The minimum absolute atomic E-state index is 0.0116. The van der Waals surface area contributed by atoms with Gasteiger partial charge in [-0.15, -0.1) is 10.2 Å². The number of hydrogen-bond acceptors (Lipinski definition) is 7. The van der Waals surface area contributed by atoms with Gasteiger partial charge in [0, 0.05) is 24.3 Å². The zero-order valence-corrected chi connectivity index (χ0v) is 14.6. The number of methoxy groups -OCH3 is 2. The van der Waals surface area contributed by atoms with E-state index >= 15 is 0 Å². The van der Waals surface area contributed by atoms with Gasteiger partial charge in [0.25, 0.3) is 5.69 Å². The number of non-ortho nitro benzene ring substituents is 1. The van der Waals surface area contributed by atoms with Crippen LogP contribution in [0.5, 0.6) is 11.5 Å².